The van der Waals surface area contributed by atoms with E-state index in [0.717, 1.165) is 31.0 Å². The molecule has 2 N–H and O–H groups in total. The lowest BCUT2D eigenvalue weighted by molar-refractivity contribution is 0.171. The lowest BCUT2D eigenvalue weighted by Crippen LogP contribution is -2.44. The van der Waals surface area contributed by atoms with Crippen LogP contribution >= 0.6 is 0 Å². The number of rotatable bonds is 3. The molecule has 1 saturated heterocycles. The minimum atomic E-state index is -0.0740. The molecule has 2 aliphatic rings. The fraction of sp³-hybridized carbons (Fsp3) is 0.478. The Labute approximate surface area is 182 Å². The molecule has 2 aliphatic heterocycles. The van der Waals surface area contributed by atoms with Crippen LogP contribution in [0.4, 0.5) is 5.95 Å². The van der Waals surface area contributed by atoms with Crippen LogP contribution < -0.4 is 20.3 Å². The van der Waals surface area contributed by atoms with Gasteiger partial charge < -0.3 is 24.7 Å². The largest absolute Gasteiger partial charge is 0.486 e. The number of aromatic amines is 1. The first-order valence-electron chi connectivity index (χ1n) is 11.0. The molecule has 5 rings (SSSR count). The number of anilines is 1. The van der Waals surface area contributed by atoms with Crippen LogP contribution in [0.25, 0.3) is 11.0 Å². The van der Waals surface area contributed by atoms with Gasteiger partial charge in [-0.3, -0.25) is 9.36 Å². The summed E-state index contributed by atoms with van der Waals surface area (Å²) in [5, 5.41) is 3.50. The van der Waals surface area contributed by atoms with Gasteiger partial charge in [0, 0.05) is 32.4 Å². The number of hydrogen-bond acceptors (Lipinski definition) is 6. The van der Waals surface area contributed by atoms with Crippen molar-refractivity contribution in [3.8, 4) is 11.5 Å². The van der Waals surface area contributed by atoms with Gasteiger partial charge in [-0.25, -0.2) is 4.98 Å². The van der Waals surface area contributed by atoms with Crippen LogP contribution in [-0.2, 0) is 7.05 Å². The second-order valence-corrected chi connectivity index (χ2v) is 7.94. The van der Waals surface area contributed by atoms with Crippen LogP contribution in [0.3, 0.4) is 0 Å². The van der Waals surface area contributed by atoms with E-state index in [1.54, 1.807) is 17.8 Å². The Morgan fingerprint density at radius 3 is 2.68 bits per heavy atom. The van der Waals surface area contributed by atoms with Crippen molar-refractivity contribution in [2.45, 2.75) is 32.2 Å². The molecular formula is C23H31N5O3. The van der Waals surface area contributed by atoms with Crippen molar-refractivity contribution in [3.63, 3.8) is 0 Å². The van der Waals surface area contributed by atoms with E-state index in [2.05, 4.69) is 39.4 Å². The Morgan fingerprint density at radius 2 is 1.87 bits per heavy atom. The zero-order valence-corrected chi connectivity index (χ0v) is 18.6. The maximum atomic E-state index is 12.6. The Kier molecular flexibility index (Phi) is 6.18. The second-order valence-electron chi connectivity index (χ2n) is 7.94. The number of nitrogens with one attached hydrogen (secondary N) is 2. The van der Waals surface area contributed by atoms with Gasteiger partial charge in [0.2, 0.25) is 5.95 Å². The van der Waals surface area contributed by atoms with Gasteiger partial charge in [-0.1, -0.05) is 19.9 Å². The summed E-state index contributed by atoms with van der Waals surface area (Å²) < 4.78 is 13.0. The fourth-order valence-corrected chi connectivity index (χ4v) is 4.37. The third kappa shape index (κ3) is 4.25. The molecule has 8 heteroatoms. The third-order valence-electron chi connectivity index (χ3n) is 5.79. The van der Waals surface area contributed by atoms with Gasteiger partial charge in [-0.05, 0) is 43.1 Å². The molecule has 0 aliphatic carbocycles. The molecule has 3 aromatic rings. The molecular weight excluding hydrogens is 394 g/mol. The van der Waals surface area contributed by atoms with Crippen molar-refractivity contribution >= 4 is 17.0 Å². The molecule has 2 unspecified atom stereocenters. The Morgan fingerprint density at radius 1 is 1.10 bits per heavy atom. The van der Waals surface area contributed by atoms with E-state index >= 15 is 0 Å². The smallest absolute Gasteiger partial charge is 0.278 e. The molecule has 166 valence electrons. The number of nitrogens with zero attached hydrogens (tertiary/aromatic N) is 3. The third-order valence-corrected chi connectivity index (χ3v) is 5.79. The molecule has 0 amide bonds. The first kappa shape index (κ1) is 21.2. The standard InChI is InChI=1S/C21H25N5O3.C2H6/c1-25-11-14(13-3-4-17-18(10-13)29-8-7-28-17)9-15(12-25)23-21-24-16-5-6-22-19(16)20(27)26(21)2;1-2/h3-6,10,14-15,22H,7-9,11-12H2,1-2H3,(H,23,24);1-2H3. The molecule has 0 spiro atoms. The van der Waals surface area contributed by atoms with E-state index in [4.69, 9.17) is 9.47 Å². The number of likely N-dealkylation sites (tertiary alicyclic amines) is 1. The monoisotopic (exact) mass is 425 g/mol. The molecule has 8 nitrogen and oxygen atoms in total. The number of likely N-dealkylation sites (N-methyl/N-ethyl adjacent to an activating group) is 1. The van der Waals surface area contributed by atoms with Crippen LogP contribution in [0, 0.1) is 0 Å². The van der Waals surface area contributed by atoms with Gasteiger partial charge in [-0.2, -0.15) is 0 Å². The quantitative estimate of drug-likeness (QED) is 0.671. The average molecular weight is 426 g/mol. The lowest BCUT2D eigenvalue weighted by atomic mass is 9.88. The predicted molar refractivity (Wildman–Crippen MR) is 122 cm³/mol. The van der Waals surface area contributed by atoms with E-state index in [-0.39, 0.29) is 11.6 Å². The highest BCUT2D eigenvalue weighted by molar-refractivity contribution is 5.75. The van der Waals surface area contributed by atoms with Gasteiger partial charge in [0.25, 0.3) is 5.56 Å². The summed E-state index contributed by atoms with van der Waals surface area (Å²) in [4.78, 5) is 22.5. The number of hydrogen-bond donors (Lipinski definition) is 2. The van der Waals surface area contributed by atoms with E-state index in [1.165, 1.54) is 5.56 Å². The average Bonchev–Trinajstić information content (AvgIpc) is 3.26. The normalized spacial score (nSPS) is 20.8. The van der Waals surface area contributed by atoms with Crippen molar-refractivity contribution in [2.75, 3.05) is 38.7 Å². The van der Waals surface area contributed by atoms with Gasteiger partial charge in [0.05, 0.1) is 5.52 Å². The van der Waals surface area contributed by atoms with E-state index in [1.807, 2.05) is 26.0 Å². The summed E-state index contributed by atoms with van der Waals surface area (Å²) in [6, 6.07) is 8.25. The van der Waals surface area contributed by atoms with Crippen molar-refractivity contribution in [1.82, 2.24) is 19.4 Å². The van der Waals surface area contributed by atoms with Crippen LogP contribution in [-0.4, -0.2) is 58.8 Å². The summed E-state index contributed by atoms with van der Waals surface area (Å²) in [5.74, 6) is 2.60. The topological polar surface area (TPSA) is 84.4 Å². The summed E-state index contributed by atoms with van der Waals surface area (Å²) in [7, 11) is 3.88. The molecule has 1 fully saturated rings. The fourth-order valence-electron chi connectivity index (χ4n) is 4.37. The molecule has 31 heavy (non-hydrogen) atoms. The number of piperidine rings is 1. The molecule has 2 aromatic heterocycles. The molecule has 0 radical (unpaired) electrons. The second kappa shape index (κ2) is 9.01. The summed E-state index contributed by atoms with van der Waals surface area (Å²) in [5.41, 5.74) is 2.39. The zero-order valence-electron chi connectivity index (χ0n) is 18.6. The molecule has 4 heterocycles. The van der Waals surface area contributed by atoms with Crippen LogP contribution in [0.15, 0.2) is 35.3 Å². The zero-order chi connectivity index (χ0) is 22.0. The molecule has 1 aromatic carbocycles. The highest BCUT2D eigenvalue weighted by Gasteiger charge is 2.28. The van der Waals surface area contributed by atoms with Crippen LogP contribution in [0.2, 0.25) is 0 Å². The Hall–Kier alpha value is -3.00. The number of aromatic nitrogens is 3. The van der Waals surface area contributed by atoms with Gasteiger partial charge >= 0.3 is 0 Å². The number of benzene rings is 1. The van der Waals surface area contributed by atoms with Crippen molar-refractivity contribution in [2.24, 2.45) is 7.05 Å². The predicted octanol–water partition coefficient (Wildman–Crippen LogP) is 2.96. The highest BCUT2D eigenvalue weighted by Crippen LogP contribution is 2.36. The molecule has 0 bridgehead atoms. The Bertz CT molecular complexity index is 1110. The number of fused-ring (bicyclic) bond motifs is 2. The number of H-pyrrole nitrogens is 1. The summed E-state index contributed by atoms with van der Waals surface area (Å²) >= 11 is 0. The molecule has 2 atom stereocenters. The number of ether oxygens (including phenoxy) is 2. The van der Waals surface area contributed by atoms with E-state index in [0.29, 0.717) is 36.1 Å². The van der Waals surface area contributed by atoms with Crippen molar-refractivity contribution in [1.29, 1.82) is 0 Å². The van der Waals surface area contributed by atoms with Crippen LogP contribution in [0.5, 0.6) is 11.5 Å². The lowest BCUT2D eigenvalue weighted by Gasteiger charge is -2.37. The van der Waals surface area contributed by atoms with Crippen LogP contribution in [0.1, 0.15) is 31.7 Å². The summed E-state index contributed by atoms with van der Waals surface area (Å²) in [6.45, 7) is 7.05. The molecule has 0 saturated carbocycles. The van der Waals surface area contributed by atoms with Gasteiger partial charge in [0.15, 0.2) is 11.5 Å². The van der Waals surface area contributed by atoms with E-state index in [9.17, 15) is 4.79 Å². The summed E-state index contributed by atoms with van der Waals surface area (Å²) in [6.07, 6.45) is 2.69. The minimum Gasteiger partial charge on any atom is -0.486 e. The van der Waals surface area contributed by atoms with E-state index < -0.39 is 0 Å². The maximum absolute atomic E-state index is 12.6. The first-order chi connectivity index (χ1) is 15.1. The first-order valence-corrected chi connectivity index (χ1v) is 11.0. The Balaban J connectivity index is 0.00000112. The van der Waals surface area contributed by atoms with Gasteiger partial charge in [0.1, 0.15) is 18.7 Å². The van der Waals surface area contributed by atoms with Crippen molar-refractivity contribution in [3.05, 3.63) is 46.4 Å². The maximum Gasteiger partial charge on any atom is 0.278 e. The SMILES string of the molecule is CC.CN1CC(Nc2nc3cc[nH]c3c(=O)n2C)CC(c2ccc3c(c2)OCCO3)C1. The van der Waals surface area contributed by atoms with Crippen molar-refractivity contribution < 1.29 is 9.47 Å². The van der Waals surface area contributed by atoms with Gasteiger partial charge in [-0.15, -0.1) is 0 Å². The minimum absolute atomic E-state index is 0.0740. The highest BCUT2D eigenvalue weighted by atomic mass is 16.6.